The fourth-order valence-corrected chi connectivity index (χ4v) is 6.05. The molecule has 2 aliphatic rings. The summed E-state index contributed by atoms with van der Waals surface area (Å²) in [7, 11) is -3.87. The lowest BCUT2D eigenvalue weighted by Crippen LogP contribution is -2.44. The Morgan fingerprint density at radius 1 is 0.969 bits per heavy atom. The maximum absolute atomic E-state index is 13.4. The summed E-state index contributed by atoms with van der Waals surface area (Å²) in [6, 6.07) is 7.40. The minimum Gasteiger partial charge on any atom is -0.399 e. The molecule has 2 aliphatic carbocycles. The minimum atomic E-state index is -3.87. The molecule has 0 spiro atoms. The Bertz CT molecular complexity index is 1060. The number of sulfonamides is 1. The Morgan fingerprint density at radius 2 is 1.59 bits per heavy atom. The number of rotatable bonds is 9. The van der Waals surface area contributed by atoms with Crippen molar-refractivity contribution in [3.63, 3.8) is 0 Å². The van der Waals surface area contributed by atoms with Gasteiger partial charge in [-0.15, -0.1) is 0 Å². The van der Waals surface area contributed by atoms with Crippen LogP contribution in [0.15, 0.2) is 35.2 Å². The lowest BCUT2D eigenvalue weighted by molar-refractivity contribution is -0.117. The molecule has 0 fully saturated rings. The van der Waals surface area contributed by atoms with E-state index in [1.54, 1.807) is 0 Å². The van der Waals surface area contributed by atoms with Crippen LogP contribution in [-0.2, 0) is 40.5 Å². The minimum absolute atomic E-state index is 0.0878. The maximum atomic E-state index is 13.4. The van der Waals surface area contributed by atoms with Crippen LogP contribution in [0.3, 0.4) is 0 Å². The van der Waals surface area contributed by atoms with Gasteiger partial charge in [-0.1, -0.05) is 12.5 Å². The molecule has 0 saturated heterocycles. The number of amides is 1. The van der Waals surface area contributed by atoms with E-state index in [4.69, 9.17) is 11.5 Å². The largest absolute Gasteiger partial charge is 0.399 e. The number of nitrogens with two attached hydrogens (primary N) is 2. The zero-order chi connectivity index (χ0) is 22.7. The van der Waals surface area contributed by atoms with Crippen molar-refractivity contribution in [2.45, 2.75) is 68.7 Å². The van der Waals surface area contributed by atoms with Gasteiger partial charge in [0.1, 0.15) is 6.04 Å². The van der Waals surface area contributed by atoms with Gasteiger partial charge in [0, 0.05) is 11.4 Å². The Morgan fingerprint density at radius 3 is 2.19 bits per heavy atom. The van der Waals surface area contributed by atoms with Crippen molar-refractivity contribution in [3.8, 4) is 0 Å². The van der Waals surface area contributed by atoms with E-state index in [0.29, 0.717) is 25.1 Å². The van der Waals surface area contributed by atoms with Gasteiger partial charge in [-0.05, 0) is 104 Å². The highest BCUT2D eigenvalue weighted by molar-refractivity contribution is 7.89. The van der Waals surface area contributed by atoms with Gasteiger partial charge < -0.3 is 16.8 Å². The van der Waals surface area contributed by atoms with E-state index in [1.807, 2.05) is 0 Å². The van der Waals surface area contributed by atoms with Crippen molar-refractivity contribution >= 4 is 27.3 Å². The molecule has 0 aliphatic heterocycles. The highest BCUT2D eigenvalue weighted by Crippen LogP contribution is 2.38. The number of nitrogen functional groups attached to an aromatic ring is 1. The van der Waals surface area contributed by atoms with Crippen LogP contribution in [0.1, 0.15) is 54.4 Å². The number of hydrogen-bond acceptors (Lipinski definition) is 5. The molecule has 32 heavy (non-hydrogen) atoms. The maximum Gasteiger partial charge on any atom is 0.242 e. The zero-order valence-electron chi connectivity index (χ0n) is 18.3. The third-order valence-electron chi connectivity index (χ3n) is 6.47. The summed E-state index contributed by atoms with van der Waals surface area (Å²) in [4.78, 5) is 13.5. The van der Waals surface area contributed by atoms with E-state index in [1.165, 1.54) is 46.5 Å². The number of unbranched alkanes of at least 4 members (excludes halogenated alkanes) is 1. The summed E-state index contributed by atoms with van der Waals surface area (Å²) in [5, 5.41) is 3.14. The van der Waals surface area contributed by atoms with Crippen molar-refractivity contribution in [2.75, 3.05) is 17.6 Å². The van der Waals surface area contributed by atoms with Crippen LogP contribution in [0.4, 0.5) is 11.4 Å². The van der Waals surface area contributed by atoms with Gasteiger partial charge in [-0.3, -0.25) is 4.79 Å². The zero-order valence-corrected chi connectivity index (χ0v) is 19.1. The van der Waals surface area contributed by atoms with E-state index < -0.39 is 16.1 Å². The van der Waals surface area contributed by atoms with Gasteiger partial charge >= 0.3 is 0 Å². The van der Waals surface area contributed by atoms with Crippen molar-refractivity contribution < 1.29 is 13.2 Å². The van der Waals surface area contributed by atoms with E-state index in [0.717, 1.165) is 50.6 Å². The quantitative estimate of drug-likeness (QED) is 0.341. The van der Waals surface area contributed by atoms with Gasteiger partial charge in [-0.2, -0.15) is 4.72 Å². The molecule has 8 heteroatoms. The highest BCUT2D eigenvalue weighted by Gasteiger charge is 2.29. The van der Waals surface area contributed by atoms with Gasteiger partial charge in [0.25, 0.3) is 0 Å². The average molecular weight is 457 g/mol. The average Bonchev–Trinajstić information content (AvgIpc) is 3.42. The van der Waals surface area contributed by atoms with Gasteiger partial charge in [0.05, 0.1) is 4.90 Å². The predicted molar refractivity (Wildman–Crippen MR) is 127 cm³/mol. The molecule has 2 aromatic carbocycles. The second-order valence-electron chi connectivity index (χ2n) is 8.75. The third-order valence-corrected chi connectivity index (χ3v) is 7.96. The van der Waals surface area contributed by atoms with Crippen LogP contribution in [-0.4, -0.2) is 26.9 Å². The van der Waals surface area contributed by atoms with E-state index >= 15 is 0 Å². The number of carbonyl (C=O) groups is 1. The van der Waals surface area contributed by atoms with Gasteiger partial charge in [0.15, 0.2) is 0 Å². The van der Waals surface area contributed by atoms with Gasteiger partial charge in [0.2, 0.25) is 15.9 Å². The molecule has 1 unspecified atom stereocenters. The van der Waals surface area contributed by atoms with Crippen molar-refractivity contribution in [3.05, 3.63) is 52.6 Å². The van der Waals surface area contributed by atoms with E-state index in [-0.39, 0.29) is 10.8 Å². The molecule has 0 bridgehead atoms. The summed E-state index contributed by atoms with van der Waals surface area (Å²) in [6.07, 6.45) is 7.92. The summed E-state index contributed by atoms with van der Waals surface area (Å²) in [6.45, 7) is 0.499. The Hall–Kier alpha value is -2.42. The number of carbonyl (C=O) groups excluding carboxylic acids is 1. The molecule has 0 saturated carbocycles. The fourth-order valence-electron chi connectivity index (χ4n) is 4.82. The normalized spacial score (nSPS) is 15.9. The van der Waals surface area contributed by atoms with Crippen LogP contribution < -0.4 is 21.5 Å². The number of aryl methyl sites for hydroxylation is 2. The fraction of sp³-hybridized carbons (Fsp3) is 0.458. The van der Waals surface area contributed by atoms with Crippen LogP contribution in [0, 0.1) is 0 Å². The molecule has 1 amide bonds. The van der Waals surface area contributed by atoms with Crippen LogP contribution >= 0.6 is 0 Å². The Kier molecular flexibility index (Phi) is 6.83. The van der Waals surface area contributed by atoms with Crippen molar-refractivity contribution in [2.24, 2.45) is 5.73 Å². The van der Waals surface area contributed by atoms with Crippen molar-refractivity contribution in [1.29, 1.82) is 0 Å². The second-order valence-corrected chi connectivity index (χ2v) is 10.5. The number of anilines is 2. The van der Waals surface area contributed by atoms with E-state index in [9.17, 15) is 13.2 Å². The van der Waals surface area contributed by atoms with E-state index in [2.05, 4.69) is 16.1 Å². The first kappa shape index (κ1) is 22.8. The molecule has 2 aromatic rings. The van der Waals surface area contributed by atoms with Crippen LogP contribution in [0.2, 0.25) is 0 Å². The smallest absolute Gasteiger partial charge is 0.242 e. The molecular weight excluding hydrogens is 424 g/mol. The molecule has 0 radical (unpaired) electrons. The lowest BCUT2D eigenvalue weighted by atomic mass is 9.98. The highest BCUT2D eigenvalue weighted by atomic mass is 32.2. The molecule has 172 valence electrons. The molecule has 1 atom stereocenters. The summed E-state index contributed by atoms with van der Waals surface area (Å²) in [5.41, 5.74) is 17.8. The number of benzene rings is 2. The third kappa shape index (κ3) is 4.82. The summed E-state index contributed by atoms with van der Waals surface area (Å²) >= 11 is 0. The van der Waals surface area contributed by atoms with Gasteiger partial charge in [-0.25, -0.2) is 8.42 Å². The SMILES string of the molecule is NCCCCC(NS(=O)(=O)c1ccc(N)cc1)C(=O)Nc1c2c(cc3c1CCC3)CCC2. The Balaban J connectivity index is 1.59. The van der Waals surface area contributed by atoms with Crippen molar-refractivity contribution in [1.82, 2.24) is 4.72 Å². The molecule has 0 aromatic heterocycles. The number of hydrogen-bond donors (Lipinski definition) is 4. The molecule has 0 heterocycles. The molecular formula is C24H32N4O3S. The number of nitrogens with one attached hydrogen (secondary N) is 2. The first-order chi connectivity index (χ1) is 15.4. The standard InChI is InChI=1S/C24H32N4O3S/c25-14-2-1-9-22(28-32(30,31)19-12-10-18(26)11-13-19)24(29)27-23-20-7-3-5-16(20)15-17-6-4-8-21(17)23/h10-13,15,22,28H,1-9,14,25-26H2,(H,27,29). The topological polar surface area (TPSA) is 127 Å². The first-order valence-electron chi connectivity index (χ1n) is 11.4. The van der Waals surface area contributed by atoms with Crippen LogP contribution in [0.5, 0.6) is 0 Å². The summed E-state index contributed by atoms with van der Waals surface area (Å²) in [5.74, 6) is -0.310. The summed E-state index contributed by atoms with van der Waals surface area (Å²) < 4.78 is 28.5. The predicted octanol–water partition coefficient (Wildman–Crippen LogP) is 2.66. The Labute approximate surface area is 190 Å². The molecule has 6 N–H and O–H groups in total. The second kappa shape index (κ2) is 9.60. The number of fused-ring (bicyclic) bond motifs is 2. The van der Waals surface area contributed by atoms with Crippen LogP contribution in [0.25, 0.3) is 0 Å². The first-order valence-corrected chi connectivity index (χ1v) is 12.9. The monoisotopic (exact) mass is 456 g/mol. The molecule has 7 nitrogen and oxygen atoms in total. The molecule has 4 rings (SSSR count). The lowest BCUT2D eigenvalue weighted by Gasteiger charge is -2.21.